The van der Waals surface area contributed by atoms with E-state index in [0.29, 0.717) is 43.3 Å². The van der Waals surface area contributed by atoms with Crippen LogP contribution >= 0.6 is 0 Å². The third-order valence-electron chi connectivity index (χ3n) is 7.59. The summed E-state index contributed by atoms with van der Waals surface area (Å²) in [5, 5.41) is 11.9. The molecule has 9 heteroatoms. The van der Waals surface area contributed by atoms with Crippen molar-refractivity contribution in [1.29, 1.82) is 5.26 Å². The maximum atomic E-state index is 13.2. The number of carbonyl (C=O) groups excluding carboxylic acids is 2. The van der Waals surface area contributed by atoms with Gasteiger partial charge in [0, 0.05) is 42.5 Å². The normalized spacial score (nSPS) is 13.6. The molecule has 0 spiro atoms. The maximum absolute atomic E-state index is 13.2. The Morgan fingerprint density at radius 3 is 2.46 bits per heavy atom. The van der Waals surface area contributed by atoms with Crippen LogP contribution in [0.25, 0.3) is 28.2 Å². The highest BCUT2D eigenvalue weighted by Gasteiger charge is 2.23. The predicted molar refractivity (Wildman–Crippen MR) is 156 cm³/mol. The third kappa shape index (κ3) is 6.72. The van der Waals surface area contributed by atoms with Crippen molar-refractivity contribution >= 4 is 17.6 Å². The number of hydrogen-bond acceptors (Lipinski definition) is 6. The van der Waals surface area contributed by atoms with Crippen LogP contribution in [0.5, 0.6) is 0 Å². The number of ether oxygens (including phenoxy) is 1. The number of fused-ring (bicyclic) bond motifs is 1. The molecule has 0 bridgehead atoms. The largest absolute Gasteiger partial charge is 0.450 e. The lowest BCUT2D eigenvalue weighted by Crippen LogP contribution is -2.39. The number of piperidine rings is 1. The van der Waals surface area contributed by atoms with Gasteiger partial charge in [-0.1, -0.05) is 37.6 Å². The first-order valence-electron chi connectivity index (χ1n) is 14.2. The summed E-state index contributed by atoms with van der Waals surface area (Å²) in [5.74, 6) is 0.518. The molecule has 210 valence electrons. The smallest absolute Gasteiger partial charge is 0.407 e. The van der Waals surface area contributed by atoms with Crippen LogP contribution in [0.15, 0.2) is 67.1 Å². The lowest BCUT2D eigenvalue weighted by Gasteiger charge is -2.32. The second-order valence-corrected chi connectivity index (χ2v) is 10.4. The van der Waals surface area contributed by atoms with Gasteiger partial charge < -0.3 is 15.0 Å². The average molecular weight is 551 g/mol. The molecule has 1 aliphatic rings. The number of hydrogen-bond donors (Lipinski definition) is 1. The first kappa shape index (κ1) is 27.8. The summed E-state index contributed by atoms with van der Waals surface area (Å²) in [6, 6.07) is 17.1. The molecule has 1 fully saturated rings. The second kappa shape index (κ2) is 13.1. The van der Waals surface area contributed by atoms with E-state index in [-0.39, 0.29) is 12.0 Å². The van der Waals surface area contributed by atoms with Crippen LogP contribution in [0.2, 0.25) is 0 Å². The van der Waals surface area contributed by atoms with Crippen molar-refractivity contribution in [3.63, 3.8) is 0 Å². The fourth-order valence-corrected chi connectivity index (χ4v) is 5.10. The van der Waals surface area contributed by atoms with Crippen LogP contribution in [-0.2, 0) is 4.74 Å². The number of benzene rings is 2. The van der Waals surface area contributed by atoms with Crippen LogP contribution in [0.3, 0.4) is 0 Å². The Balaban J connectivity index is 1.17. The van der Waals surface area contributed by atoms with E-state index >= 15 is 0 Å². The van der Waals surface area contributed by atoms with Crippen molar-refractivity contribution in [3.8, 4) is 28.6 Å². The van der Waals surface area contributed by atoms with Gasteiger partial charge in [-0.15, -0.1) is 0 Å². The number of carbonyl (C=O) groups is 2. The minimum absolute atomic E-state index is 0.0359. The van der Waals surface area contributed by atoms with Gasteiger partial charge in [-0.3, -0.25) is 14.2 Å². The lowest BCUT2D eigenvalue weighted by atomic mass is 9.93. The molecule has 3 heterocycles. The van der Waals surface area contributed by atoms with E-state index in [4.69, 9.17) is 10.00 Å². The number of imidazole rings is 1. The molecule has 1 aliphatic heterocycles. The molecule has 1 N–H and O–H groups in total. The van der Waals surface area contributed by atoms with Crippen LogP contribution in [0, 0.1) is 17.2 Å². The van der Waals surface area contributed by atoms with E-state index < -0.39 is 0 Å². The summed E-state index contributed by atoms with van der Waals surface area (Å²) in [6.07, 6.45) is 9.74. The van der Waals surface area contributed by atoms with Crippen molar-refractivity contribution in [2.24, 2.45) is 5.92 Å². The zero-order valence-corrected chi connectivity index (χ0v) is 23.3. The molecule has 2 amide bonds. The number of rotatable bonds is 9. The van der Waals surface area contributed by atoms with Crippen molar-refractivity contribution in [2.75, 3.05) is 26.2 Å². The summed E-state index contributed by atoms with van der Waals surface area (Å²) < 4.78 is 7.12. The van der Waals surface area contributed by atoms with Crippen LogP contribution in [0.4, 0.5) is 4.79 Å². The zero-order chi connectivity index (χ0) is 28.6. The highest BCUT2D eigenvalue weighted by Crippen LogP contribution is 2.26. The van der Waals surface area contributed by atoms with E-state index in [1.54, 1.807) is 24.5 Å². The monoisotopic (exact) mass is 550 g/mol. The van der Waals surface area contributed by atoms with E-state index in [0.717, 1.165) is 60.3 Å². The Morgan fingerprint density at radius 2 is 1.76 bits per heavy atom. The fourth-order valence-electron chi connectivity index (χ4n) is 5.10. The summed E-state index contributed by atoms with van der Waals surface area (Å²) in [4.78, 5) is 35.8. The van der Waals surface area contributed by atoms with E-state index in [9.17, 15) is 9.59 Å². The number of nitrogens with zero attached hydrogens (tertiary/aromatic N) is 5. The molecule has 0 aliphatic carbocycles. The van der Waals surface area contributed by atoms with Gasteiger partial charge in [-0.05, 0) is 55.9 Å². The number of alkyl carbamates (subject to hydrolysis) is 1. The first-order chi connectivity index (χ1) is 20.1. The molecule has 0 atom stereocenters. The molecular weight excluding hydrogens is 516 g/mol. The van der Waals surface area contributed by atoms with Crippen molar-refractivity contribution in [1.82, 2.24) is 24.6 Å². The maximum Gasteiger partial charge on any atom is 0.407 e. The van der Waals surface area contributed by atoms with E-state index in [1.807, 2.05) is 51.9 Å². The number of aromatic nitrogens is 3. The average Bonchev–Trinajstić information content (AvgIpc) is 3.45. The minimum atomic E-state index is -0.346. The van der Waals surface area contributed by atoms with Crippen LogP contribution in [0.1, 0.15) is 54.9 Å². The van der Waals surface area contributed by atoms with Gasteiger partial charge in [0.15, 0.2) is 5.65 Å². The zero-order valence-electron chi connectivity index (χ0n) is 23.3. The highest BCUT2D eigenvalue weighted by molar-refractivity contribution is 5.94. The number of likely N-dealkylation sites (tertiary alicyclic amines) is 1. The minimum Gasteiger partial charge on any atom is -0.450 e. The summed E-state index contributed by atoms with van der Waals surface area (Å²) in [7, 11) is 0. The van der Waals surface area contributed by atoms with Gasteiger partial charge in [0.1, 0.15) is 0 Å². The second-order valence-electron chi connectivity index (χ2n) is 10.4. The molecule has 41 heavy (non-hydrogen) atoms. The van der Waals surface area contributed by atoms with Gasteiger partial charge in [-0.25, -0.2) is 9.78 Å². The molecule has 1 saturated heterocycles. The first-order valence-corrected chi connectivity index (χ1v) is 14.2. The SMILES string of the molecule is CCCCOC(=O)NCCC1CCN(C(=O)c2ccc(-c3cn4c(-c5ccc(C#N)cc5)cnc4cn3)cc2)CC1. The molecule has 0 unspecified atom stereocenters. The van der Waals surface area contributed by atoms with Gasteiger partial charge >= 0.3 is 6.09 Å². The standard InChI is InChI=1S/C32H34N6O3/c1-2-3-18-41-32(40)34-15-12-23-13-16-37(17-14-23)31(39)27-10-8-25(9-11-27)28-22-38-29(20-36-30(38)21-35-28)26-6-4-24(19-33)5-7-26/h4-11,20-23H,2-3,12-18H2,1H3,(H,34,40). The van der Waals surface area contributed by atoms with Crippen molar-refractivity contribution in [3.05, 3.63) is 78.2 Å². The molecule has 4 aromatic rings. The van der Waals surface area contributed by atoms with Crippen LogP contribution in [-0.4, -0.2) is 57.5 Å². The topological polar surface area (TPSA) is 113 Å². The number of amides is 2. The quantitative estimate of drug-likeness (QED) is 0.267. The molecule has 9 nitrogen and oxygen atoms in total. The van der Waals surface area contributed by atoms with Gasteiger partial charge in [0.2, 0.25) is 0 Å². The Bertz CT molecular complexity index is 1530. The Morgan fingerprint density at radius 1 is 1.02 bits per heavy atom. The van der Waals surface area contributed by atoms with Gasteiger partial charge in [-0.2, -0.15) is 5.26 Å². The summed E-state index contributed by atoms with van der Waals surface area (Å²) >= 11 is 0. The predicted octanol–water partition coefficient (Wildman–Crippen LogP) is 5.70. The fraction of sp³-hybridized carbons (Fsp3) is 0.344. The molecule has 0 radical (unpaired) electrons. The number of nitriles is 1. The van der Waals surface area contributed by atoms with Crippen molar-refractivity contribution < 1.29 is 14.3 Å². The molecule has 2 aromatic carbocycles. The Kier molecular flexibility index (Phi) is 8.89. The van der Waals surface area contributed by atoms with E-state index in [2.05, 4.69) is 28.3 Å². The Labute approximate surface area is 239 Å². The highest BCUT2D eigenvalue weighted by atomic mass is 16.5. The summed E-state index contributed by atoms with van der Waals surface area (Å²) in [5.41, 5.74) is 5.54. The lowest BCUT2D eigenvalue weighted by molar-refractivity contribution is 0.0687. The number of nitrogens with one attached hydrogen (secondary N) is 1. The molecule has 0 saturated carbocycles. The molecule has 2 aromatic heterocycles. The van der Waals surface area contributed by atoms with Gasteiger partial charge in [0.05, 0.1) is 42.0 Å². The van der Waals surface area contributed by atoms with Crippen molar-refractivity contribution in [2.45, 2.75) is 39.0 Å². The summed E-state index contributed by atoms with van der Waals surface area (Å²) in [6.45, 7) is 4.54. The molecule has 5 rings (SSSR count). The van der Waals surface area contributed by atoms with Gasteiger partial charge in [0.25, 0.3) is 5.91 Å². The molecular formula is C32H34N6O3. The number of unbranched alkanes of at least 4 members (excludes halogenated alkanes) is 1. The third-order valence-corrected chi connectivity index (χ3v) is 7.59. The van der Waals surface area contributed by atoms with E-state index in [1.165, 1.54) is 0 Å². The Hall–Kier alpha value is -4.71. The van der Waals surface area contributed by atoms with Crippen LogP contribution < -0.4 is 5.32 Å².